The number of nitrogen functional groups attached to an aromatic ring is 1. The highest BCUT2D eigenvalue weighted by molar-refractivity contribution is 7.99. The molecule has 0 aliphatic heterocycles. The van der Waals surface area contributed by atoms with Gasteiger partial charge in [-0.3, -0.25) is 0 Å². The summed E-state index contributed by atoms with van der Waals surface area (Å²) in [4.78, 5) is 0.867. The van der Waals surface area contributed by atoms with Crippen molar-refractivity contribution >= 4 is 29.1 Å². The SMILES string of the molecule is CCSc1cc(O)c(N)cc1Cl. The molecular formula is C8H10ClNOS. The fourth-order valence-electron chi connectivity index (χ4n) is 0.824. The van der Waals surface area contributed by atoms with Crippen molar-refractivity contribution in [3.05, 3.63) is 17.2 Å². The molecule has 0 aliphatic carbocycles. The zero-order valence-corrected chi connectivity index (χ0v) is 8.25. The van der Waals surface area contributed by atoms with Crippen LogP contribution in [0.15, 0.2) is 17.0 Å². The molecule has 0 saturated heterocycles. The summed E-state index contributed by atoms with van der Waals surface area (Å²) in [5.41, 5.74) is 5.76. The minimum absolute atomic E-state index is 0.0929. The van der Waals surface area contributed by atoms with Crippen molar-refractivity contribution in [1.82, 2.24) is 0 Å². The lowest BCUT2D eigenvalue weighted by Crippen LogP contribution is -1.86. The molecule has 0 amide bonds. The molecular weight excluding hydrogens is 194 g/mol. The number of hydrogen-bond acceptors (Lipinski definition) is 3. The van der Waals surface area contributed by atoms with Crippen molar-refractivity contribution in [2.75, 3.05) is 11.5 Å². The van der Waals surface area contributed by atoms with Crippen LogP contribution in [0.2, 0.25) is 5.02 Å². The minimum Gasteiger partial charge on any atom is -0.506 e. The number of benzene rings is 1. The molecule has 0 aliphatic rings. The van der Waals surface area contributed by atoms with E-state index in [1.165, 1.54) is 0 Å². The molecule has 0 aromatic heterocycles. The number of aromatic hydroxyl groups is 1. The average Bonchev–Trinajstić information content (AvgIpc) is 2.01. The van der Waals surface area contributed by atoms with Crippen molar-refractivity contribution in [3.8, 4) is 5.75 Å². The predicted octanol–water partition coefficient (Wildman–Crippen LogP) is 2.74. The van der Waals surface area contributed by atoms with E-state index in [9.17, 15) is 5.11 Å². The van der Waals surface area contributed by atoms with E-state index < -0.39 is 0 Å². The van der Waals surface area contributed by atoms with E-state index in [4.69, 9.17) is 17.3 Å². The number of halogens is 1. The van der Waals surface area contributed by atoms with Gasteiger partial charge in [-0.2, -0.15) is 0 Å². The third-order valence-corrected chi connectivity index (χ3v) is 2.74. The maximum Gasteiger partial charge on any atom is 0.139 e. The lowest BCUT2D eigenvalue weighted by molar-refractivity contribution is 0.476. The van der Waals surface area contributed by atoms with Crippen LogP contribution in [-0.2, 0) is 0 Å². The monoisotopic (exact) mass is 203 g/mol. The molecule has 0 radical (unpaired) electrons. The molecule has 0 saturated carbocycles. The molecule has 0 unspecified atom stereocenters. The molecule has 0 atom stereocenters. The molecule has 3 N–H and O–H groups in total. The molecule has 0 bridgehead atoms. The van der Waals surface area contributed by atoms with Crippen molar-refractivity contribution in [1.29, 1.82) is 0 Å². The van der Waals surface area contributed by atoms with E-state index in [2.05, 4.69) is 0 Å². The summed E-state index contributed by atoms with van der Waals surface area (Å²) in [6.45, 7) is 2.02. The van der Waals surface area contributed by atoms with E-state index in [0.717, 1.165) is 10.6 Å². The number of phenolic OH excluding ortho intramolecular Hbond substituents is 1. The van der Waals surface area contributed by atoms with Gasteiger partial charge in [-0.05, 0) is 17.9 Å². The van der Waals surface area contributed by atoms with Gasteiger partial charge >= 0.3 is 0 Å². The number of phenols is 1. The smallest absolute Gasteiger partial charge is 0.139 e. The van der Waals surface area contributed by atoms with Crippen molar-refractivity contribution in [3.63, 3.8) is 0 Å². The van der Waals surface area contributed by atoms with Crippen molar-refractivity contribution in [2.45, 2.75) is 11.8 Å². The first kappa shape index (κ1) is 9.55. The Bertz CT molecular complexity index is 291. The van der Waals surface area contributed by atoms with Crippen LogP contribution < -0.4 is 5.73 Å². The molecule has 2 nitrogen and oxygen atoms in total. The highest BCUT2D eigenvalue weighted by Crippen LogP contribution is 2.34. The topological polar surface area (TPSA) is 46.2 Å². The van der Waals surface area contributed by atoms with Crippen LogP contribution in [-0.4, -0.2) is 10.9 Å². The zero-order valence-electron chi connectivity index (χ0n) is 6.67. The summed E-state index contributed by atoms with van der Waals surface area (Å²) in [5, 5.41) is 9.85. The summed E-state index contributed by atoms with van der Waals surface area (Å²) < 4.78 is 0. The highest BCUT2D eigenvalue weighted by atomic mass is 35.5. The normalized spacial score (nSPS) is 10.2. The summed E-state index contributed by atoms with van der Waals surface area (Å²) >= 11 is 7.45. The van der Waals surface area contributed by atoms with Crippen LogP contribution in [0.1, 0.15) is 6.92 Å². The number of anilines is 1. The van der Waals surface area contributed by atoms with Crippen LogP contribution in [0.3, 0.4) is 0 Å². The summed E-state index contributed by atoms with van der Waals surface area (Å²) in [5.74, 6) is 1.01. The number of thioether (sulfide) groups is 1. The molecule has 0 spiro atoms. The molecule has 12 heavy (non-hydrogen) atoms. The fraction of sp³-hybridized carbons (Fsp3) is 0.250. The second kappa shape index (κ2) is 3.92. The fourth-order valence-corrected chi connectivity index (χ4v) is 1.86. The molecule has 1 rings (SSSR count). The zero-order chi connectivity index (χ0) is 9.14. The van der Waals surface area contributed by atoms with Gasteiger partial charge in [-0.25, -0.2) is 0 Å². The highest BCUT2D eigenvalue weighted by Gasteiger charge is 2.04. The molecule has 1 aromatic rings. The minimum atomic E-state index is 0.0929. The lowest BCUT2D eigenvalue weighted by atomic mass is 10.3. The molecule has 1 aromatic carbocycles. The maximum absolute atomic E-state index is 9.25. The van der Waals surface area contributed by atoms with Crippen LogP contribution in [0.5, 0.6) is 5.75 Å². The average molecular weight is 204 g/mol. The van der Waals surface area contributed by atoms with Gasteiger partial charge < -0.3 is 10.8 Å². The second-order valence-electron chi connectivity index (χ2n) is 2.27. The standard InChI is InChI=1S/C8H10ClNOS/c1-2-12-8-4-7(11)6(10)3-5(8)9/h3-4,11H,2,10H2,1H3. The van der Waals surface area contributed by atoms with Gasteiger partial charge in [0, 0.05) is 4.90 Å². The first-order valence-corrected chi connectivity index (χ1v) is 4.92. The van der Waals surface area contributed by atoms with Crippen LogP contribution in [0, 0.1) is 0 Å². The van der Waals surface area contributed by atoms with Crippen LogP contribution in [0.4, 0.5) is 5.69 Å². The Hall–Kier alpha value is -0.540. The largest absolute Gasteiger partial charge is 0.506 e. The first-order valence-electron chi connectivity index (χ1n) is 3.56. The Kier molecular flexibility index (Phi) is 3.12. The third kappa shape index (κ3) is 1.99. The molecule has 4 heteroatoms. The van der Waals surface area contributed by atoms with Gasteiger partial charge in [0.05, 0.1) is 10.7 Å². The van der Waals surface area contributed by atoms with Crippen molar-refractivity contribution in [2.24, 2.45) is 0 Å². The number of hydrogen-bond donors (Lipinski definition) is 2. The summed E-state index contributed by atoms with van der Waals surface area (Å²) in [7, 11) is 0. The Labute approximate surface area is 80.7 Å². The second-order valence-corrected chi connectivity index (χ2v) is 3.99. The molecule has 0 fully saturated rings. The van der Waals surface area contributed by atoms with E-state index in [0.29, 0.717) is 10.7 Å². The Balaban J connectivity index is 3.05. The van der Waals surface area contributed by atoms with Crippen LogP contribution in [0.25, 0.3) is 0 Å². The summed E-state index contributed by atoms with van der Waals surface area (Å²) in [6.07, 6.45) is 0. The van der Waals surface area contributed by atoms with E-state index in [-0.39, 0.29) is 5.75 Å². The van der Waals surface area contributed by atoms with Crippen molar-refractivity contribution < 1.29 is 5.11 Å². The van der Waals surface area contributed by atoms with E-state index >= 15 is 0 Å². The first-order chi connectivity index (χ1) is 5.65. The third-order valence-electron chi connectivity index (χ3n) is 1.38. The quantitative estimate of drug-likeness (QED) is 0.442. The van der Waals surface area contributed by atoms with Gasteiger partial charge in [0.2, 0.25) is 0 Å². The summed E-state index contributed by atoms with van der Waals surface area (Å²) in [6, 6.07) is 3.15. The van der Waals surface area contributed by atoms with Gasteiger partial charge in [0.15, 0.2) is 0 Å². The van der Waals surface area contributed by atoms with Crippen LogP contribution >= 0.6 is 23.4 Å². The maximum atomic E-state index is 9.25. The predicted molar refractivity (Wildman–Crippen MR) is 53.9 cm³/mol. The Morgan fingerprint density at radius 2 is 2.25 bits per heavy atom. The Morgan fingerprint density at radius 1 is 1.58 bits per heavy atom. The number of rotatable bonds is 2. The van der Waals surface area contributed by atoms with E-state index in [1.54, 1.807) is 23.9 Å². The lowest BCUT2D eigenvalue weighted by Gasteiger charge is -2.04. The van der Waals surface area contributed by atoms with Gasteiger partial charge in [0.25, 0.3) is 0 Å². The van der Waals surface area contributed by atoms with Gasteiger partial charge in [-0.15, -0.1) is 11.8 Å². The Morgan fingerprint density at radius 3 is 2.83 bits per heavy atom. The van der Waals surface area contributed by atoms with Gasteiger partial charge in [-0.1, -0.05) is 18.5 Å². The molecule has 0 heterocycles. The molecule has 66 valence electrons. The number of nitrogens with two attached hydrogens (primary N) is 1. The van der Waals surface area contributed by atoms with E-state index in [1.807, 2.05) is 6.92 Å². The van der Waals surface area contributed by atoms with Gasteiger partial charge in [0.1, 0.15) is 5.75 Å².